The van der Waals surface area contributed by atoms with E-state index in [1.54, 1.807) is 6.92 Å². The zero-order valence-corrected chi connectivity index (χ0v) is 14.4. The molecule has 0 aliphatic rings. The monoisotopic (exact) mass is 360 g/mol. The van der Waals surface area contributed by atoms with E-state index in [9.17, 15) is 4.79 Å². The molecule has 0 saturated carbocycles. The SMILES string of the molecule is CC(=O)C(c1ccccc1)c1ccc(OCCCCBr)cc1. The number of ketones is 1. The Morgan fingerprint density at radius 2 is 1.64 bits per heavy atom. The Balaban J connectivity index is 2.08. The van der Waals surface area contributed by atoms with Crippen molar-refractivity contribution in [3.63, 3.8) is 0 Å². The van der Waals surface area contributed by atoms with E-state index in [-0.39, 0.29) is 11.7 Å². The normalized spacial score (nSPS) is 11.9. The number of unbranched alkanes of at least 4 members (excludes halogenated alkanes) is 1. The van der Waals surface area contributed by atoms with Crippen LogP contribution in [0, 0.1) is 0 Å². The summed E-state index contributed by atoms with van der Waals surface area (Å²) >= 11 is 3.41. The highest BCUT2D eigenvalue weighted by Crippen LogP contribution is 2.27. The van der Waals surface area contributed by atoms with E-state index >= 15 is 0 Å². The van der Waals surface area contributed by atoms with Gasteiger partial charge in [0.25, 0.3) is 0 Å². The smallest absolute Gasteiger partial charge is 0.141 e. The average molecular weight is 361 g/mol. The molecule has 22 heavy (non-hydrogen) atoms. The summed E-state index contributed by atoms with van der Waals surface area (Å²) in [5.74, 6) is 0.800. The van der Waals surface area contributed by atoms with Gasteiger partial charge in [0.15, 0.2) is 0 Å². The molecule has 0 spiro atoms. The molecule has 1 unspecified atom stereocenters. The molecule has 0 aliphatic heterocycles. The predicted octanol–water partition coefficient (Wildman–Crippen LogP) is 4.96. The highest BCUT2D eigenvalue weighted by Gasteiger charge is 2.18. The van der Waals surface area contributed by atoms with Crippen molar-refractivity contribution in [2.24, 2.45) is 0 Å². The Hall–Kier alpha value is -1.61. The van der Waals surface area contributed by atoms with Crippen LogP contribution < -0.4 is 4.74 Å². The van der Waals surface area contributed by atoms with Crippen molar-refractivity contribution >= 4 is 21.7 Å². The molecule has 0 fully saturated rings. The number of carbonyl (C=O) groups is 1. The first-order valence-corrected chi connectivity index (χ1v) is 8.68. The number of carbonyl (C=O) groups excluding carboxylic acids is 1. The highest BCUT2D eigenvalue weighted by molar-refractivity contribution is 9.09. The van der Waals surface area contributed by atoms with Crippen LogP contribution >= 0.6 is 15.9 Å². The molecule has 0 amide bonds. The molecule has 2 rings (SSSR count). The minimum atomic E-state index is -0.205. The lowest BCUT2D eigenvalue weighted by Crippen LogP contribution is -2.10. The molecule has 2 nitrogen and oxygen atoms in total. The quantitative estimate of drug-likeness (QED) is 0.491. The number of halogens is 1. The lowest BCUT2D eigenvalue weighted by atomic mass is 9.88. The maximum atomic E-state index is 12.0. The predicted molar refractivity (Wildman–Crippen MR) is 93.9 cm³/mol. The van der Waals surface area contributed by atoms with E-state index in [0.717, 1.165) is 41.7 Å². The third-order valence-electron chi connectivity index (χ3n) is 3.55. The van der Waals surface area contributed by atoms with Gasteiger partial charge in [0.05, 0.1) is 12.5 Å². The molecule has 0 aliphatic carbocycles. The van der Waals surface area contributed by atoms with E-state index in [1.807, 2.05) is 54.6 Å². The Kier molecular flexibility index (Phi) is 6.66. The first-order valence-electron chi connectivity index (χ1n) is 7.56. The van der Waals surface area contributed by atoms with Crippen molar-refractivity contribution < 1.29 is 9.53 Å². The number of rotatable bonds is 8. The van der Waals surface area contributed by atoms with Crippen LogP contribution in [-0.4, -0.2) is 17.7 Å². The largest absolute Gasteiger partial charge is 0.494 e. The van der Waals surface area contributed by atoms with Crippen LogP contribution in [0.5, 0.6) is 5.75 Å². The van der Waals surface area contributed by atoms with Gasteiger partial charge >= 0.3 is 0 Å². The molecule has 116 valence electrons. The summed E-state index contributed by atoms with van der Waals surface area (Å²) in [6.45, 7) is 2.36. The second-order valence-corrected chi connectivity index (χ2v) is 6.06. The van der Waals surface area contributed by atoms with E-state index in [1.165, 1.54) is 0 Å². The number of alkyl halides is 1. The highest BCUT2D eigenvalue weighted by atomic mass is 79.9. The molecule has 0 saturated heterocycles. The molecule has 2 aromatic rings. The van der Waals surface area contributed by atoms with Crippen LogP contribution in [-0.2, 0) is 4.79 Å². The molecule has 0 bridgehead atoms. The molecular weight excluding hydrogens is 340 g/mol. The van der Waals surface area contributed by atoms with Gasteiger partial charge < -0.3 is 4.74 Å². The number of Topliss-reactive ketones (excluding diaryl/α,β-unsaturated/α-hetero) is 1. The topological polar surface area (TPSA) is 26.3 Å². The lowest BCUT2D eigenvalue weighted by Gasteiger charge is -2.15. The molecule has 2 aromatic carbocycles. The summed E-state index contributed by atoms with van der Waals surface area (Å²) in [7, 11) is 0. The minimum Gasteiger partial charge on any atom is -0.494 e. The fourth-order valence-corrected chi connectivity index (χ4v) is 2.85. The zero-order chi connectivity index (χ0) is 15.8. The Labute approximate surface area is 140 Å². The van der Waals surface area contributed by atoms with Crippen LogP contribution in [0.15, 0.2) is 54.6 Å². The number of hydrogen-bond donors (Lipinski definition) is 0. The summed E-state index contributed by atoms with van der Waals surface area (Å²) in [5.41, 5.74) is 2.03. The Morgan fingerprint density at radius 1 is 1.00 bits per heavy atom. The van der Waals surface area contributed by atoms with E-state index in [2.05, 4.69) is 15.9 Å². The number of hydrogen-bond acceptors (Lipinski definition) is 2. The summed E-state index contributed by atoms with van der Waals surface area (Å²) in [4.78, 5) is 12.0. The van der Waals surface area contributed by atoms with Gasteiger partial charge in [0.2, 0.25) is 0 Å². The van der Waals surface area contributed by atoms with Gasteiger partial charge in [-0.15, -0.1) is 0 Å². The number of benzene rings is 2. The third-order valence-corrected chi connectivity index (χ3v) is 4.11. The van der Waals surface area contributed by atoms with Crippen molar-refractivity contribution in [1.29, 1.82) is 0 Å². The van der Waals surface area contributed by atoms with Crippen molar-refractivity contribution in [2.45, 2.75) is 25.7 Å². The maximum Gasteiger partial charge on any atom is 0.141 e. The van der Waals surface area contributed by atoms with E-state index < -0.39 is 0 Å². The fourth-order valence-electron chi connectivity index (χ4n) is 2.45. The standard InChI is InChI=1S/C19H21BrO2/c1-15(21)19(16-7-3-2-4-8-16)17-9-11-18(12-10-17)22-14-6-5-13-20/h2-4,7-12,19H,5-6,13-14H2,1H3. The summed E-state index contributed by atoms with van der Waals surface area (Å²) < 4.78 is 5.70. The van der Waals surface area contributed by atoms with E-state index in [4.69, 9.17) is 4.74 Å². The van der Waals surface area contributed by atoms with Gasteiger partial charge in [-0.3, -0.25) is 4.79 Å². The maximum absolute atomic E-state index is 12.0. The Morgan fingerprint density at radius 3 is 2.23 bits per heavy atom. The second kappa shape index (κ2) is 8.74. The average Bonchev–Trinajstić information content (AvgIpc) is 2.54. The van der Waals surface area contributed by atoms with Crippen molar-refractivity contribution in [1.82, 2.24) is 0 Å². The third kappa shape index (κ3) is 4.70. The fraction of sp³-hybridized carbons (Fsp3) is 0.316. The minimum absolute atomic E-state index is 0.150. The van der Waals surface area contributed by atoms with Gasteiger partial charge in [0.1, 0.15) is 11.5 Å². The molecular formula is C19H21BrO2. The number of ether oxygens (including phenoxy) is 1. The van der Waals surface area contributed by atoms with Crippen molar-refractivity contribution in [3.8, 4) is 5.75 Å². The molecule has 0 radical (unpaired) electrons. The molecule has 3 heteroatoms. The van der Waals surface area contributed by atoms with Gasteiger partial charge in [0, 0.05) is 5.33 Å². The van der Waals surface area contributed by atoms with Crippen LogP contribution in [0.25, 0.3) is 0 Å². The van der Waals surface area contributed by atoms with Crippen molar-refractivity contribution in [3.05, 3.63) is 65.7 Å². The summed E-state index contributed by atoms with van der Waals surface area (Å²) in [6, 6.07) is 17.7. The summed E-state index contributed by atoms with van der Waals surface area (Å²) in [6.07, 6.45) is 2.14. The Bertz CT molecular complexity index is 578. The van der Waals surface area contributed by atoms with Gasteiger partial charge in [-0.2, -0.15) is 0 Å². The van der Waals surface area contributed by atoms with Crippen LogP contribution in [0.3, 0.4) is 0 Å². The molecule has 0 heterocycles. The molecule has 0 aromatic heterocycles. The zero-order valence-electron chi connectivity index (χ0n) is 12.8. The molecule has 1 atom stereocenters. The van der Waals surface area contributed by atoms with Gasteiger partial charge in [-0.05, 0) is 43.0 Å². The van der Waals surface area contributed by atoms with Gasteiger partial charge in [-0.1, -0.05) is 58.4 Å². The lowest BCUT2D eigenvalue weighted by molar-refractivity contribution is -0.117. The van der Waals surface area contributed by atoms with Gasteiger partial charge in [-0.25, -0.2) is 0 Å². The summed E-state index contributed by atoms with van der Waals surface area (Å²) in [5, 5.41) is 1.01. The first kappa shape index (κ1) is 16.8. The second-order valence-electron chi connectivity index (χ2n) is 5.27. The molecule has 0 N–H and O–H groups in total. The van der Waals surface area contributed by atoms with E-state index in [0.29, 0.717) is 0 Å². The van der Waals surface area contributed by atoms with Crippen LogP contribution in [0.2, 0.25) is 0 Å². The van der Waals surface area contributed by atoms with Crippen LogP contribution in [0.4, 0.5) is 0 Å². The first-order chi connectivity index (χ1) is 10.7. The van der Waals surface area contributed by atoms with Crippen molar-refractivity contribution in [2.75, 3.05) is 11.9 Å². The van der Waals surface area contributed by atoms with Crippen LogP contribution in [0.1, 0.15) is 36.8 Å².